The highest BCUT2D eigenvalue weighted by atomic mass is 32.1. The van der Waals surface area contributed by atoms with Gasteiger partial charge in [-0.1, -0.05) is 6.42 Å². The van der Waals surface area contributed by atoms with Crippen molar-refractivity contribution in [3.8, 4) is 0 Å². The number of imidazole rings is 1. The summed E-state index contributed by atoms with van der Waals surface area (Å²) < 4.78 is 2.28. The molecule has 2 aromatic heterocycles. The Hall–Kier alpha value is -1.09. The molecule has 3 rings (SSSR count). The molecule has 1 unspecified atom stereocenters. The molecule has 0 bridgehead atoms. The Morgan fingerprint density at radius 1 is 1.50 bits per heavy atom. The van der Waals surface area contributed by atoms with E-state index in [4.69, 9.17) is 0 Å². The molecule has 0 spiro atoms. The molecule has 0 saturated heterocycles. The maximum atomic E-state index is 4.19. The summed E-state index contributed by atoms with van der Waals surface area (Å²) in [5.41, 5.74) is 1.43. The maximum Gasteiger partial charge on any atom is 0.0952 e. The number of nitrogens with zero attached hydrogens (tertiary/aromatic N) is 2. The molecular formula is C13H16N2S. The summed E-state index contributed by atoms with van der Waals surface area (Å²) in [4.78, 5) is 5.71. The highest BCUT2D eigenvalue weighted by Crippen LogP contribution is 2.42. The minimum absolute atomic E-state index is 0.524. The van der Waals surface area contributed by atoms with E-state index in [1.165, 1.54) is 29.7 Å². The first-order valence-corrected chi connectivity index (χ1v) is 6.75. The van der Waals surface area contributed by atoms with Gasteiger partial charge in [0.15, 0.2) is 0 Å². The Labute approximate surface area is 100.0 Å². The SMILES string of the molecule is Cc1ccsc1C(C1CCC1)n1ccnc1. The zero-order chi connectivity index (χ0) is 11.0. The van der Waals surface area contributed by atoms with Crippen molar-refractivity contribution in [2.24, 2.45) is 5.92 Å². The van der Waals surface area contributed by atoms with Gasteiger partial charge in [0.2, 0.25) is 0 Å². The molecule has 1 fully saturated rings. The van der Waals surface area contributed by atoms with E-state index < -0.39 is 0 Å². The van der Waals surface area contributed by atoms with Crippen LogP contribution in [0.4, 0.5) is 0 Å². The number of aryl methyl sites for hydroxylation is 1. The Balaban J connectivity index is 1.99. The van der Waals surface area contributed by atoms with Crippen molar-refractivity contribution in [2.45, 2.75) is 32.2 Å². The van der Waals surface area contributed by atoms with E-state index in [2.05, 4.69) is 34.1 Å². The van der Waals surface area contributed by atoms with Crippen molar-refractivity contribution in [1.82, 2.24) is 9.55 Å². The van der Waals surface area contributed by atoms with Crippen molar-refractivity contribution in [3.05, 3.63) is 40.6 Å². The van der Waals surface area contributed by atoms with Crippen LogP contribution in [0.5, 0.6) is 0 Å². The lowest BCUT2D eigenvalue weighted by atomic mass is 9.78. The van der Waals surface area contributed by atoms with Crippen LogP contribution in [-0.4, -0.2) is 9.55 Å². The molecule has 84 valence electrons. The number of rotatable bonds is 3. The van der Waals surface area contributed by atoms with Crippen LogP contribution < -0.4 is 0 Å². The highest BCUT2D eigenvalue weighted by molar-refractivity contribution is 7.10. The second-order valence-electron chi connectivity index (χ2n) is 4.61. The van der Waals surface area contributed by atoms with E-state index >= 15 is 0 Å². The van der Waals surface area contributed by atoms with Gasteiger partial charge in [-0.05, 0) is 42.7 Å². The summed E-state index contributed by atoms with van der Waals surface area (Å²) in [5, 5.41) is 2.20. The first kappa shape index (κ1) is 10.1. The van der Waals surface area contributed by atoms with E-state index in [0.717, 1.165) is 5.92 Å². The summed E-state index contributed by atoms with van der Waals surface area (Å²) in [6.07, 6.45) is 10.1. The van der Waals surface area contributed by atoms with E-state index in [0.29, 0.717) is 6.04 Å². The summed E-state index contributed by atoms with van der Waals surface area (Å²) in [6, 6.07) is 2.75. The number of aromatic nitrogens is 2. The van der Waals surface area contributed by atoms with Gasteiger partial charge in [0, 0.05) is 17.3 Å². The highest BCUT2D eigenvalue weighted by Gasteiger charge is 2.31. The lowest BCUT2D eigenvalue weighted by Crippen LogP contribution is -2.25. The lowest BCUT2D eigenvalue weighted by molar-refractivity contribution is 0.239. The van der Waals surface area contributed by atoms with E-state index in [-0.39, 0.29) is 0 Å². The standard InChI is InChI=1S/C13H16N2S/c1-10-5-8-16-13(10)12(11-3-2-4-11)15-7-6-14-9-15/h5-9,11-12H,2-4H2,1H3. The van der Waals surface area contributed by atoms with Gasteiger partial charge in [-0.25, -0.2) is 4.98 Å². The summed E-state index contributed by atoms with van der Waals surface area (Å²) >= 11 is 1.88. The normalized spacial score (nSPS) is 18.3. The van der Waals surface area contributed by atoms with Crippen molar-refractivity contribution in [3.63, 3.8) is 0 Å². The fourth-order valence-corrected chi connectivity index (χ4v) is 3.60. The van der Waals surface area contributed by atoms with Gasteiger partial charge >= 0.3 is 0 Å². The maximum absolute atomic E-state index is 4.19. The first-order chi connectivity index (χ1) is 7.86. The van der Waals surface area contributed by atoms with Gasteiger partial charge in [0.25, 0.3) is 0 Å². The van der Waals surface area contributed by atoms with Gasteiger partial charge < -0.3 is 4.57 Å². The van der Waals surface area contributed by atoms with Gasteiger partial charge in [0.05, 0.1) is 12.4 Å². The van der Waals surface area contributed by atoms with E-state index in [1.54, 1.807) is 0 Å². The molecular weight excluding hydrogens is 216 g/mol. The molecule has 0 radical (unpaired) electrons. The number of thiophene rings is 1. The minimum atomic E-state index is 0.524. The molecule has 2 aromatic rings. The summed E-state index contributed by atoms with van der Waals surface area (Å²) in [7, 11) is 0. The van der Waals surface area contributed by atoms with Crippen LogP contribution in [0.3, 0.4) is 0 Å². The van der Waals surface area contributed by atoms with Crippen LogP contribution in [-0.2, 0) is 0 Å². The predicted molar refractivity (Wildman–Crippen MR) is 66.8 cm³/mol. The molecule has 1 saturated carbocycles. The summed E-state index contributed by atoms with van der Waals surface area (Å²) in [6.45, 7) is 2.22. The molecule has 0 aliphatic heterocycles. The van der Waals surface area contributed by atoms with Crippen molar-refractivity contribution in [1.29, 1.82) is 0 Å². The molecule has 1 aliphatic carbocycles. The van der Waals surface area contributed by atoms with Gasteiger partial charge in [-0.15, -0.1) is 11.3 Å². The first-order valence-electron chi connectivity index (χ1n) is 5.87. The molecule has 3 heteroatoms. The fourth-order valence-electron chi connectivity index (χ4n) is 2.47. The average molecular weight is 232 g/mol. The largest absolute Gasteiger partial charge is 0.329 e. The Bertz CT molecular complexity index is 454. The number of hydrogen-bond donors (Lipinski definition) is 0. The van der Waals surface area contributed by atoms with Crippen LogP contribution >= 0.6 is 11.3 Å². The third-order valence-electron chi connectivity index (χ3n) is 3.61. The Morgan fingerprint density at radius 2 is 2.38 bits per heavy atom. The van der Waals surface area contributed by atoms with E-state index in [9.17, 15) is 0 Å². The van der Waals surface area contributed by atoms with Crippen LogP contribution in [0.1, 0.15) is 35.7 Å². The zero-order valence-electron chi connectivity index (χ0n) is 9.47. The van der Waals surface area contributed by atoms with E-state index in [1.807, 2.05) is 23.9 Å². The lowest BCUT2D eigenvalue weighted by Gasteiger charge is -2.34. The third kappa shape index (κ3) is 1.59. The van der Waals surface area contributed by atoms with Gasteiger partial charge in [-0.3, -0.25) is 0 Å². The fraction of sp³-hybridized carbons (Fsp3) is 0.462. The van der Waals surface area contributed by atoms with Crippen molar-refractivity contribution in [2.75, 3.05) is 0 Å². The van der Waals surface area contributed by atoms with Crippen LogP contribution in [0.15, 0.2) is 30.2 Å². The molecule has 16 heavy (non-hydrogen) atoms. The van der Waals surface area contributed by atoms with Gasteiger partial charge in [0.1, 0.15) is 0 Å². The van der Waals surface area contributed by atoms with Gasteiger partial charge in [-0.2, -0.15) is 0 Å². The molecule has 1 aliphatic rings. The van der Waals surface area contributed by atoms with Crippen LogP contribution in [0.25, 0.3) is 0 Å². The minimum Gasteiger partial charge on any atom is -0.329 e. The quantitative estimate of drug-likeness (QED) is 0.790. The monoisotopic (exact) mass is 232 g/mol. The van der Waals surface area contributed by atoms with Crippen molar-refractivity contribution >= 4 is 11.3 Å². The predicted octanol–water partition coefficient (Wildman–Crippen LogP) is 3.64. The molecule has 2 nitrogen and oxygen atoms in total. The number of hydrogen-bond acceptors (Lipinski definition) is 2. The molecule has 0 amide bonds. The Morgan fingerprint density at radius 3 is 2.88 bits per heavy atom. The smallest absolute Gasteiger partial charge is 0.0952 e. The average Bonchev–Trinajstić information content (AvgIpc) is 2.82. The molecule has 0 aromatic carbocycles. The molecule has 2 heterocycles. The molecule has 1 atom stereocenters. The Kier molecular flexibility index (Phi) is 2.56. The second-order valence-corrected chi connectivity index (χ2v) is 5.56. The summed E-state index contributed by atoms with van der Waals surface area (Å²) in [5.74, 6) is 0.812. The van der Waals surface area contributed by atoms with Crippen LogP contribution in [0.2, 0.25) is 0 Å². The third-order valence-corrected chi connectivity index (χ3v) is 4.70. The molecule has 0 N–H and O–H groups in total. The van der Waals surface area contributed by atoms with Crippen LogP contribution in [0, 0.1) is 12.8 Å². The topological polar surface area (TPSA) is 17.8 Å². The second kappa shape index (κ2) is 4.06. The zero-order valence-corrected chi connectivity index (χ0v) is 10.3. The van der Waals surface area contributed by atoms with Crippen molar-refractivity contribution < 1.29 is 0 Å².